The van der Waals surface area contributed by atoms with Crippen molar-refractivity contribution in [3.05, 3.63) is 29.6 Å². The SMILES string of the molecule is COC(=O)CNc1ccc(CNC=O)c(F)c1. The van der Waals surface area contributed by atoms with Gasteiger partial charge in [-0.2, -0.15) is 0 Å². The van der Waals surface area contributed by atoms with Gasteiger partial charge in [-0.05, 0) is 12.1 Å². The van der Waals surface area contributed by atoms with E-state index in [4.69, 9.17) is 0 Å². The zero-order chi connectivity index (χ0) is 12.7. The Morgan fingerprint density at radius 3 is 2.88 bits per heavy atom. The Bertz CT molecular complexity index is 410. The van der Waals surface area contributed by atoms with Gasteiger partial charge in [0, 0.05) is 17.8 Å². The first kappa shape index (κ1) is 13.0. The van der Waals surface area contributed by atoms with E-state index >= 15 is 0 Å². The van der Waals surface area contributed by atoms with Crippen molar-refractivity contribution < 1.29 is 18.7 Å². The molecular weight excluding hydrogens is 227 g/mol. The minimum atomic E-state index is -0.450. The fraction of sp³-hybridized carbons (Fsp3) is 0.273. The highest BCUT2D eigenvalue weighted by Gasteiger charge is 2.04. The number of anilines is 1. The van der Waals surface area contributed by atoms with Gasteiger partial charge in [-0.3, -0.25) is 9.59 Å². The molecule has 0 unspecified atom stereocenters. The molecule has 1 rings (SSSR count). The van der Waals surface area contributed by atoms with Crippen molar-refractivity contribution in [1.82, 2.24) is 5.32 Å². The lowest BCUT2D eigenvalue weighted by atomic mass is 10.2. The quantitative estimate of drug-likeness (QED) is 0.566. The van der Waals surface area contributed by atoms with Crippen molar-refractivity contribution in [3.8, 4) is 0 Å². The van der Waals surface area contributed by atoms with Gasteiger partial charge < -0.3 is 15.4 Å². The first-order valence-electron chi connectivity index (χ1n) is 4.93. The van der Waals surface area contributed by atoms with E-state index in [-0.39, 0.29) is 13.1 Å². The summed E-state index contributed by atoms with van der Waals surface area (Å²) >= 11 is 0. The monoisotopic (exact) mass is 240 g/mol. The zero-order valence-corrected chi connectivity index (χ0v) is 9.33. The lowest BCUT2D eigenvalue weighted by Crippen LogP contribution is -2.15. The molecule has 2 N–H and O–H groups in total. The Balaban J connectivity index is 2.61. The van der Waals surface area contributed by atoms with Crippen LogP contribution in [0.3, 0.4) is 0 Å². The molecule has 6 heteroatoms. The molecule has 0 bridgehead atoms. The maximum absolute atomic E-state index is 13.5. The molecule has 0 heterocycles. The molecule has 1 aromatic carbocycles. The minimum Gasteiger partial charge on any atom is -0.468 e. The molecule has 0 aromatic heterocycles. The van der Waals surface area contributed by atoms with Crippen molar-refractivity contribution in [2.45, 2.75) is 6.54 Å². The van der Waals surface area contributed by atoms with E-state index in [1.165, 1.54) is 19.2 Å². The van der Waals surface area contributed by atoms with Gasteiger partial charge in [-0.1, -0.05) is 6.07 Å². The number of hydrogen-bond acceptors (Lipinski definition) is 4. The predicted molar refractivity (Wildman–Crippen MR) is 59.8 cm³/mol. The van der Waals surface area contributed by atoms with Gasteiger partial charge in [0.25, 0.3) is 0 Å². The molecule has 5 nitrogen and oxygen atoms in total. The van der Waals surface area contributed by atoms with Crippen LogP contribution in [0, 0.1) is 5.82 Å². The first-order chi connectivity index (χ1) is 8.17. The van der Waals surface area contributed by atoms with Crippen molar-refractivity contribution in [3.63, 3.8) is 0 Å². The molecule has 0 saturated carbocycles. The number of methoxy groups -OCH3 is 1. The van der Waals surface area contributed by atoms with Crippen molar-refractivity contribution in [2.75, 3.05) is 19.0 Å². The number of hydrogen-bond donors (Lipinski definition) is 2. The third-order valence-electron chi connectivity index (χ3n) is 2.09. The molecule has 0 aliphatic carbocycles. The van der Waals surface area contributed by atoms with Crippen LogP contribution in [0.25, 0.3) is 0 Å². The standard InChI is InChI=1S/C11H13FN2O3/c1-17-11(16)6-14-9-3-2-8(5-13-7-15)10(12)4-9/h2-4,7,14H,5-6H2,1H3,(H,13,15). The number of carbonyl (C=O) groups is 2. The zero-order valence-electron chi connectivity index (χ0n) is 9.33. The van der Waals surface area contributed by atoms with Gasteiger partial charge in [0.1, 0.15) is 12.4 Å². The number of esters is 1. The van der Waals surface area contributed by atoms with E-state index in [2.05, 4.69) is 15.4 Å². The Morgan fingerprint density at radius 1 is 1.53 bits per heavy atom. The number of benzene rings is 1. The summed E-state index contributed by atoms with van der Waals surface area (Å²) < 4.78 is 17.9. The molecule has 17 heavy (non-hydrogen) atoms. The Labute approximate surface area is 98.0 Å². The Morgan fingerprint density at radius 2 is 2.29 bits per heavy atom. The Kier molecular flexibility index (Phi) is 4.93. The molecule has 0 radical (unpaired) electrons. The summed E-state index contributed by atoms with van der Waals surface area (Å²) in [6.45, 7) is 0.106. The summed E-state index contributed by atoms with van der Waals surface area (Å²) in [7, 11) is 1.28. The molecule has 0 spiro atoms. The largest absolute Gasteiger partial charge is 0.468 e. The molecule has 92 valence electrons. The summed E-state index contributed by atoms with van der Waals surface area (Å²) in [5, 5.41) is 5.08. The number of rotatable bonds is 6. The van der Waals surface area contributed by atoms with Crippen LogP contribution in [-0.4, -0.2) is 26.0 Å². The van der Waals surface area contributed by atoms with Crippen LogP contribution in [-0.2, 0) is 20.9 Å². The molecule has 1 aromatic rings. The van der Waals surface area contributed by atoms with E-state index in [1.807, 2.05) is 0 Å². The highest BCUT2D eigenvalue weighted by Crippen LogP contribution is 2.14. The number of amides is 1. The molecule has 0 atom stereocenters. The molecular formula is C11H13FN2O3. The molecule has 0 aliphatic rings. The predicted octanol–water partition coefficient (Wildman–Crippen LogP) is 0.657. The van der Waals surface area contributed by atoms with E-state index in [9.17, 15) is 14.0 Å². The lowest BCUT2D eigenvalue weighted by Gasteiger charge is -2.07. The second kappa shape index (κ2) is 6.47. The molecule has 0 aliphatic heterocycles. The number of nitrogens with one attached hydrogen (secondary N) is 2. The fourth-order valence-corrected chi connectivity index (χ4v) is 1.20. The lowest BCUT2D eigenvalue weighted by molar-refractivity contribution is -0.138. The van der Waals surface area contributed by atoms with Gasteiger partial charge >= 0.3 is 5.97 Å². The van der Waals surface area contributed by atoms with Crippen LogP contribution < -0.4 is 10.6 Å². The van der Waals surface area contributed by atoms with Crippen LogP contribution in [0.2, 0.25) is 0 Å². The van der Waals surface area contributed by atoms with Gasteiger partial charge in [-0.15, -0.1) is 0 Å². The number of ether oxygens (including phenoxy) is 1. The summed E-state index contributed by atoms with van der Waals surface area (Å²) in [6, 6.07) is 4.41. The van der Waals surface area contributed by atoms with Crippen LogP contribution in [0.5, 0.6) is 0 Å². The first-order valence-corrected chi connectivity index (χ1v) is 4.93. The highest BCUT2D eigenvalue weighted by atomic mass is 19.1. The topological polar surface area (TPSA) is 67.4 Å². The molecule has 0 saturated heterocycles. The van der Waals surface area contributed by atoms with Gasteiger partial charge in [0.15, 0.2) is 0 Å². The van der Waals surface area contributed by atoms with Crippen LogP contribution in [0.4, 0.5) is 10.1 Å². The average molecular weight is 240 g/mol. The Hall–Kier alpha value is -2.11. The smallest absolute Gasteiger partial charge is 0.325 e. The number of halogens is 1. The number of carbonyl (C=O) groups excluding carboxylic acids is 2. The second-order valence-electron chi connectivity index (χ2n) is 3.23. The van der Waals surface area contributed by atoms with Gasteiger partial charge in [-0.25, -0.2) is 4.39 Å². The third-order valence-corrected chi connectivity index (χ3v) is 2.09. The summed E-state index contributed by atoms with van der Waals surface area (Å²) in [4.78, 5) is 20.9. The van der Waals surface area contributed by atoms with E-state index in [0.717, 1.165) is 0 Å². The van der Waals surface area contributed by atoms with Gasteiger partial charge in [0.05, 0.1) is 7.11 Å². The van der Waals surface area contributed by atoms with Crippen LogP contribution in [0.15, 0.2) is 18.2 Å². The second-order valence-corrected chi connectivity index (χ2v) is 3.23. The maximum atomic E-state index is 13.5. The van der Waals surface area contributed by atoms with E-state index in [0.29, 0.717) is 17.7 Å². The summed E-state index contributed by atoms with van der Waals surface area (Å²) in [6.07, 6.45) is 0.503. The van der Waals surface area contributed by atoms with Crippen molar-refractivity contribution in [2.24, 2.45) is 0 Å². The van der Waals surface area contributed by atoms with Crippen LogP contribution >= 0.6 is 0 Å². The van der Waals surface area contributed by atoms with Crippen LogP contribution in [0.1, 0.15) is 5.56 Å². The fourth-order valence-electron chi connectivity index (χ4n) is 1.20. The molecule has 1 amide bonds. The van der Waals surface area contributed by atoms with E-state index in [1.54, 1.807) is 6.07 Å². The molecule has 0 fully saturated rings. The highest BCUT2D eigenvalue weighted by molar-refractivity contribution is 5.74. The maximum Gasteiger partial charge on any atom is 0.325 e. The summed E-state index contributed by atoms with van der Waals surface area (Å²) in [5.41, 5.74) is 0.850. The summed E-state index contributed by atoms with van der Waals surface area (Å²) in [5.74, 6) is -0.883. The minimum absolute atomic E-state index is 0.0259. The average Bonchev–Trinajstić information content (AvgIpc) is 2.34. The normalized spacial score (nSPS) is 9.53. The van der Waals surface area contributed by atoms with Crippen molar-refractivity contribution >= 4 is 18.1 Å². The third kappa shape index (κ3) is 4.10. The van der Waals surface area contributed by atoms with Gasteiger partial charge in [0.2, 0.25) is 6.41 Å². The van der Waals surface area contributed by atoms with E-state index < -0.39 is 11.8 Å². The van der Waals surface area contributed by atoms with Crippen molar-refractivity contribution in [1.29, 1.82) is 0 Å².